The van der Waals surface area contributed by atoms with Crippen LogP contribution in [0, 0.1) is 11.8 Å². The number of carbonyl (C=O) groups excluding carboxylic acids is 3. The summed E-state index contributed by atoms with van der Waals surface area (Å²) in [6.45, 7) is 0.320. The van der Waals surface area contributed by atoms with Crippen molar-refractivity contribution in [2.24, 2.45) is 11.8 Å². The van der Waals surface area contributed by atoms with E-state index in [9.17, 15) is 14.4 Å². The molecule has 2 N–H and O–H groups in total. The normalized spacial score (nSPS) is 31.0. The zero-order valence-corrected chi connectivity index (χ0v) is 22.1. The number of ether oxygens (including phenoxy) is 1. The zero-order valence-electron chi connectivity index (χ0n) is 19.7. The Morgan fingerprint density at radius 2 is 1.89 bits per heavy atom. The van der Waals surface area contributed by atoms with E-state index < -0.39 is 29.6 Å². The van der Waals surface area contributed by atoms with Crippen LogP contribution in [0.5, 0.6) is 0 Å². The van der Waals surface area contributed by atoms with Gasteiger partial charge < -0.3 is 20.3 Å². The average molecular weight is 571 g/mol. The minimum atomic E-state index is -1.14. The standard InChI is InChI=1S/C27H28BrN3O4S/c28-16-8-10-18(11-9-16)29-24(32)21-20-12-13-27(35-20)22(21)26(34)31(15-19-7-4-14-36-19)23(27)25(33)30-17-5-2-1-3-6-17/h4,7-14,17,20-23H,1-3,5-6,15H2,(H,29,32)(H,30,33)/t20-,21?,22-,23?,27?/m1/s1. The predicted octanol–water partition coefficient (Wildman–Crippen LogP) is 4.25. The second kappa shape index (κ2) is 9.43. The van der Waals surface area contributed by atoms with Gasteiger partial charge in [-0.15, -0.1) is 11.3 Å². The summed E-state index contributed by atoms with van der Waals surface area (Å²) in [5.41, 5.74) is -0.490. The second-order valence-electron chi connectivity index (χ2n) is 10.1. The van der Waals surface area contributed by atoms with Gasteiger partial charge in [0.05, 0.1) is 24.5 Å². The van der Waals surface area contributed by atoms with Gasteiger partial charge in [-0.05, 0) is 48.6 Å². The fourth-order valence-corrected chi connectivity index (χ4v) is 7.26. The van der Waals surface area contributed by atoms with Gasteiger partial charge in [0.1, 0.15) is 11.6 Å². The fourth-order valence-electron chi connectivity index (χ4n) is 6.29. The number of nitrogens with one attached hydrogen (secondary N) is 2. The number of rotatable bonds is 6. The first-order valence-electron chi connectivity index (χ1n) is 12.5. The van der Waals surface area contributed by atoms with Crippen molar-refractivity contribution >= 4 is 50.7 Å². The molecular formula is C27H28BrN3O4S. The monoisotopic (exact) mass is 569 g/mol. The molecule has 36 heavy (non-hydrogen) atoms. The summed E-state index contributed by atoms with van der Waals surface area (Å²) in [6, 6.07) is 10.5. The number of hydrogen-bond donors (Lipinski definition) is 2. The Morgan fingerprint density at radius 3 is 2.61 bits per heavy atom. The first kappa shape index (κ1) is 23.9. The van der Waals surface area contributed by atoms with Crippen LogP contribution in [0.15, 0.2) is 58.4 Å². The number of carbonyl (C=O) groups is 3. The molecule has 2 bridgehead atoms. The highest BCUT2D eigenvalue weighted by Crippen LogP contribution is 2.55. The average Bonchev–Trinajstić information content (AvgIpc) is 3.64. The third kappa shape index (κ3) is 4.01. The molecule has 2 aromatic rings. The molecule has 1 saturated carbocycles. The highest BCUT2D eigenvalue weighted by molar-refractivity contribution is 9.10. The smallest absolute Gasteiger partial charge is 0.246 e. The Hall–Kier alpha value is -2.49. The molecule has 7 nitrogen and oxygen atoms in total. The van der Waals surface area contributed by atoms with E-state index in [2.05, 4.69) is 26.6 Å². The van der Waals surface area contributed by atoms with Crippen LogP contribution in [0.1, 0.15) is 37.0 Å². The van der Waals surface area contributed by atoms with E-state index in [1.165, 1.54) is 6.42 Å². The van der Waals surface area contributed by atoms with Gasteiger partial charge in [0.2, 0.25) is 17.7 Å². The molecule has 3 amide bonds. The van der Waals surface area contributed by atoms with Crippen LogP contribution >= 0.6 is 27.3 Å². The van der Waals surface area contributed by atoms with Gasteiger partial charge in [-0.3, -0.25) is 14.4 Å². The maximum Gasteiger partial charge on any atom is 0.246 e. The van der Waals surface area contributed by atoms with Gasteiger partial charge in [0, 0.05) is 21.1 Å². The summed E-state index contributed by atoms with van der Waals surface area (Å²) in [5.74, 6) is -2.10. The molecule has 188 valence electrons. The van der Waals surface area contributed by atoms with Gasteiger partial charge in [-0.2, -0.15) is 0 Å². The molecular weight excluding hydrogens is 542 g/mol. The van der Waals surface area contributed by atoms with E-state index >= 15 is 0 Å². The Kier molecular flexibility index (Phi) is 6.25. The third-order valence-electron chi connectivity index (χ3n) is 7.89. The number of halogens is 1. The van der Waals surface area contributed by atoms with Crippen molar-refractivity contribution in [3.8, 4) is 0 Å². The SMILES string of the molecule is O=C(Nc1ccc(Br)cc1)C1[C@H]2C=CC3(O2)C(C(=O)NC2CCCCC2)N(Cc2cccs2)C(=O)[C@@H]13. The predicted molar refractivity (Wildman–Crippen MR) is 140 cm³/mol. The van der Waals surface area contributed by atoms with Crippen LogP contribution in [-0.4, -0.2) is 46.4 Å². The molecule has 0 radical (unpaired) electrons. The lowest BCUT2D eigenvalue weighted by atomic mass is 9.74. The topological polar surface area (TPSA) is 87.7 Å². The molecule has 1 aromatic heterocycles. The molecule has 6 rings (SSSR count). The maximum atomic E-state index is 14.0. The largest absolute Gasteiger partial charge is 0.359 e. The van der Waals surface area contributed by atoms with Gasteiger partial charge in [0.15, 0.2) is 0 Å². The zero-order chi connectivity index (χ0) is 24.9. The Bertz CT molecular complexity index is 1190. The summed E-state index contributed by atoms with van der Waals surface area (Å²) < 4.78 is 7.33. The van der Waals surface area contributed by atoms with Crippen LogP contribution < -0.4 is 10.6 Å². The van der Waals surface area contributed by atoms with Gasteiger partial charge >= 0.3 is 0 Å². The van der Waals surface area contributed by atoms with Gasteiger partial charge in [-0.1, -0.05) is 53.4 Å². The molecule has 1 aliphatic carbocycles. The fraction of sp³-hybridized carbons (Fsp3) is 0.444. The summed E-state index contributed by atoms with van der Waals surface area (Å²) in [7, 11) is 0. The Labute approximate surface area is 222 Å². The number of likely N-dealkylation sites (tertiary alicyclic amines) is 1. The van der Waals surface area contributed by atoms with E-state index in [1.54, 1.807) is 16.2 Å². The number of thiophene rings is 1. The highest BCUT2D eigenvalue weighted by Gasteiger charge is 2.72. The van der Waals surface area contributed by atoms with Crippen LogP contribution in [-0.2, 0) is 25.7 Å². The Morgan fingerprint density at radius 1 is 1.11 bits per heavy atom. The molecule has 9 heteroatoms. The lowest BCUT2D eigenvalue weighted by molar-refractivity contribution is -0.142. The summed E-state index contributed by atoms with van der Waals surface area (Å²) in [5, 5.41) is 8.14. The van der Waals surface area contributed by atoms with Crippen LogP contribution in [0.25, 0.3) is 0 Å². The molecule has 2 saturated heterocycles. The Balaban J connectivity index is 1.31. The minimum absolute atomic E-state index is 0.111. The highest BCUT2D eigenvalue weighted by atomic mass is 79.9. The first-order chi connectivity index (χ1) is 17.5. The van der Waals surface area contributed by atoms with E-state index in [0.717, 1.165) is 35.0 Å². The lowest BCUT2D eigenvalue weighted by Crippen LogP contribution is -2.56. The third-order valence-corrected chi connectivity index (χ3v) is 9.28. The van der Waals surface area contributed by atoms with Crippen molar-refractivity contribution in [2.45, 2.75) is 62.4 Å². The molecule has 3 aliphatic heterocycles. The second-order valence-corrected chi connectivity index (χ2v) is 12.0. The maximum absolute atomic E-state index is 14.0. The molecule has 5 atom stereocenters. The molecule has 4 heterocycles. The molecule has 3 unspecified atom stereocenters. The summed E-state index contributed by atoms with van der Waals surface area (Å²) in [6.07, 6.45) is 8.46. The number of benzene rings is 1. The number of anilines is 1. The molecule has 4 aliphatic rings. The lowest BCUT2D eigenvalue weighted by Gasteiger charge is -2.34. The number of nitrogens with zero attached hydrogens (tertiary/aromatic N) is 1. The number of hydrogen-bond acceptors (Lipinski definition) is 5. The van der Waals surface area contributed by atoms with Crippen LogP contribution in [0.2, 0.25) is 0 Å². The van der Waals surface area contributed by atoms with Crippen LogP contribution in [0.3, 0.4) is 0 Å². The first-order valence-corrected chi connectivity index (χ1v) is 14.2. The van der Waals surface area contributed by atoms with E-state index in [4.69, 9.17) is 4.74 Å². The van der Waals surface area contributed by atoms with Gasteiger partial charge in [0.25, 0.3) is 0 Å². The van der Waals surface area contributed by atoms with Crippen molar-refractivity contribution < 1.29 is 19.1 Å². The van der Waals surface area contributed by atoms with E-state index in [0.29, 0.717) is 12.2 Å². The molecule has 1 aromatic carbocycles. The summed E-state index contributed by atoms with van der Waals surface area (Å²) in [4.78, 5) is 43.9. The number of amides is 3. The van der Waals surface area contributed by atoms with Crippen LogP contribution in [0.4, 0.5) is 5.69 Å². The minimum Gasteiger partial charge on any atom is -0.359 e. The number of fused-ring (bicyclic) bond motifs is 1. The summed E-state index contributed by atoms with van der Waals surface area (Å²) >= 11 is 4.95. The van der Waals surface area contributed by atoms with E-state index in [-0.39, 0.29) is 23.8 Å². The molecule has 1 spiro atoms. The van der Waals surface area contributed by atoms with E-state index in [1.807, 2.05) is 53.9 Å². The quantitative estimate of drug-likeness (QED) is 0.509. The van der Waals surface area contributed by atoms with Crippen molar-refractivity contribution in [1.82, 2.24) is 10.2 Å². The van der Waals surface area contributed by atoms with Crippen molar-refractivity contribution in [3.05, 3.63) is 63.3 Å². The van der Waals surface area contributed by atoms with Crippen molar-refractivity contribution in [3.63, 3.8) is 0 Å². The van der Waals surface area contributed by atoms with Crippen molar-refractivity contribution in [1.29, 1.82) is 0 Å². The van der Waals surface area contributed by atoms with Crippen molar-refractivity contribution in [2.75, 3.05) is 5.32 Å². The molecule has 3 fully saturated rings. The van der Waals surface area contributed by atoms with Gasteiger partial charge in [-0.25, -0.2) is 0 Å².